The molecule has 0 spiro atoms. The van der Waals surface area contributed by atoms with Gasteiger partial charge < -0.3 is 4.74 Å². The van der Waals surface area contributed by atoms with E-state index in [1.165, 1.54) is 0 Å². The molecule has 0 aliphatic rings. The Morgan fingerprint density at radius 3 is 2.43 bits per heavy atom. The smallest absolute Gasteiger partial charge is 0.307 e. The van der Waals surface area contributed by atoms with E-state index in [0.29, 0.717) is 12.8 Å². The Kier molecular flexibility index (Phi) is 7.02. The summed E-state index contributed by atoms with van der Waals surface area (Å²) in [6.45, 7) is 3.74. The summed E-state index contributed by atoms with van der Waals surface area (Å²) >= 11 is 0. The monoisotopic (exact) mass is 201 g/mol. The van der Waals surface area contributed by atoms with Gasteiger partial charge in [0, 0.05) is 12.8 Å². The Bertz CT molecular complexity index is 192. The number of ether oxygens (including phenoxy) is 1. The number of Topliss-reactive ketones (excluding diaryl/α,β-unsaturated/α-hetero) is 1. The van der Waals surface area contributed by atoms with Crippen molar-refractivity contribution in [1.82, 2.24) is 5.32 Å². The Morgan fingerprint density at radius 2 is 2.00 bits per heavy atom. The van der Waals surface area contributed by atoms with Gasteiger partial charge in [-0.3, -0.25) is 14.9 Å². The molecule has 0 saturated carbocycles. The number of unbranched alkanes of at least 4 members (excludes halogenated alkanes) is 1. The highest BCUT2D eigenvalue weighted by molar-refractivity contribution is 5.84. The maximum absolute atomic E-state index is 11.2. The average molecular weight is 201 g/mol. The minimum atomic E-state index is -0.774. The lowest BCUT2D eigenvalue weighted by Crippen LogP contribution is -2.38. The van der Waals surface area contributed by atoms with Crippen LogP contribution in [0.15, 0.2) is 0 Å². The number of carbonyl (C=O) groups excluding carboxylic acids is 2. The van der Waals surface area contributed by atoms with E-state index in [4.69, 9.17) is 4.74 Å². The topological polar surface area (TPSA) is 55.4 Å². The second-order valence-corrected chi connectivity index (χ2v) is 3.08. The lowest BCUT2D eigenvalue weighted by molar-refractivity contribution is -0.156. The fourth-order valence-electron chi connectivity index (χ4n) is 0.983. The normalized spacial score (nSPS) is 12.2. The van der Waals surface area contributed by atoms with Crippen LogP contribution in [0.3, 0.4) is 0 Å². The van der Waals surface area contributed by atoms with Crippen molar-refractivity contribution in [3.63, 3.8) is 0 Å². The molecule has 1 unspecified atom stereocenters. The maximum atomic E-state index is 11.2. The number of esters is 1. The average Bonchev–Trinajstić information content (AvgIpc) is 2.21. The fraction of sp³-hybridized carbons (Fsp3) is 0.800. The van der Waals surface area contributed by atoms with Crippen LogP contribution in [0.5, 0.6) is 0 Å². The van der Waals surface area contributed by atoms with E-state index >= 15 is 0 Å². The van der Waals surface area contributed by atoms with E-state index in [1.807, 2.05) is 6.92 Å². The first-order valence-corrected chi connectivity index (χ1v) is 5.05. The van der Waals surface area contributed by atoms with E-state index < -0.39 is 6.23 Å². The van der Waals surface area contributed by atoms with Crippen LogP contribution in [-0.2, 0) is 14.3 Å². The van der Waals surface area contributed by atoms with Gasteiger partial charge in [0.25, 0.3) is 0 Å². The third-order valence-electron chi connectivity index (χ3n) is 1.89. The number of nitrogens with one attached hydrogen (secondary N) is 1. The molecule has 0 bridgehead atoms. The van der Waals surface area contributed by atoms with E-state index in [9.17, 15) is 9.59 Å². The quantitative estimate of drug-likeness (QED) is 0.497. The SMILES string of the molecule is CCCCC(=O)OC(NC)C(=O)CC. The second-order valence-electron chi connectivity index (χ2n) is 3.08. The molecule has 14 heavy (non-hydrogen) atoms. The van der Waals surface area contributed by atoms with Crippen molar-refractivity contribution < 1.29 is 14.3 Å². The Labute approximate surface area is 85.0 Å². The van der Waals surface area contributed by atoms with Crippen LogP contribution in [0.25, 0.3) is 0 Å². The van der Waals surface area contributed by atoms with E-state index in [2.05, 4.69) is 5.32 Å². The first-order chi connectivity index (χ1) is 6.65. The van der Waals surface area contributed by atoms with Crippen LogP contribution in [0.2, 0.25) is 0 Å². The first-order valence-electron chi connectivity index (χ1n) is 5.05. The maximum Gasteiger partial charge on any atom is 0.307 e. The molecule has 0 fully saturated rings. The summed E-state index contributed by atoms with van der Waals surface area (Å²) in [6, 6.07) is 0. The third kappa shape index (κ3) is 4.97. The van der Waals surface area contributed by atoms with Crippen LogP contribution in [0.1, 0.15) is 39.5 Å². The van der Waals surface area contributed by atoms with Crippen molar-refractivity contribution in [3.8, 4) is 0 Å². The van der Waals surface area contributed by atoms with Crippen molar-refractivity contribution in [1.29, 1.82) is 0 Å². The molecule has 0 aromatic heterocycles. The van der Waals surface area contributed by atoms with Crippen molar-refractivity contribution >= 4 is 11.8 Å². The summed E-state index contributed by atoms with van der Waals surface area (Å²) in [5.74, 6) is -0.412. The molecule has 82 valence electrons. The zero-order valence-corrected chi connectivity index (χ0v) is 9.13. The van der Waals surface area contributed by atoms with E-state index in [0.717, 1.165) is 12.8 Å². The molecule has 0 saturated heterocycles. The van der Waals surface area contributed by atoms with Crippen LogP contribution < -0.4 is 5.32 Å². The number of carbonyl (C=O) groups is 2. The number of rotatable bonds is 7. The lowest BCUT2D eigenvalue weighted by Gasteiger charge is -2.14. The summed E-state index contributed by atoms with van der Waals surface area (Å²) in [5, 5.41) is 2.67. The van der Waals surface area contributed by atoms with Gasteiger partial charge in [-0.05, 0) is 13.5 Å². The van der Waals surface area contributed by atoms with Gasteiger partial charge in [0.1, 0.15) is 0 Å². The van der Waals surface area contributed by atoms with Gasteiger partial charge >= 0.3 is 5.97 Å². The highest BCUT2D eigenvalue weighted by Crippen LogP contribution is 2.00. The Hall–Kier alpha value is -0.900. The summed E-state index contributed by atoms with van der Waals surface area (Å²) < 4.78 is 4.95. The van der Waals surface area contributed by atoms with Crippen molar-refractivity contribution in [2.45, 2.75) is 45.8 Å². The highest BCUT2D eigenvalue weighted by Gasteiger charge is 2.18. The molecule has 1 N–H and O–H groups in total. The molecular weight excluding hydrogens is 182 g/mol. The lowest BCUT2D eigenvalue weighted by atomic mass is 10.2. The Morgan fingerprint density at radius 1 is 1.36 bits per heavy atom. The van der Waals surface area contributed by atoms with Gasteiger partial charge in [-0.2, -0.15) is 0 Å². The Balaban J connectivity index is 3.92. The predicted octanol–water partition coefficient (Wildman–Crippen LogP) is 1.24. The minimum Gasteiger partial charge on any atom is -0.439 e. The van der Waals surface area contributed by atoms with Gasteiger partial charge in [-0.1, -0.05) is 20.3 Å². The van der Waals surface area contributed by atoms with Crippen molar-refractivity contribution in [2.75, 3.05) is 7.05 Å². The van der Waals surface area contributed by atoms with Crippen LogP contribution in [-0.4, -0.2) is 25.0 Å². The van der Waals surface area contributed by atoms with Crippen LogP contribution in [0.4, 0.5) is 0 Å². The fourth-order valence-corrected chi connectivity index (χ4v) is 0.983. The van der Waals surface area contributed by atoms with Crippen molar-refractivity contribution in [2.24, 2.45) is 0 Å². The summed E-state index contributed by atoms with van der Waals surface area (Å²) in [6.07, 6.45) is 1.72. The molecule has 0 amide bonds. The molecule has 4 heteroatoms. The zero-order valence-electron chi connectivity index (χ0n) is 9.13. The number of hydrogen-bond donors (Lipinski definition) is 1. The number of likely N-dealkylation sites (N-methyl/N-ethyl adjacent to an activating group) is 1. The molecule has 0 rings (SSSR count). The third-order valence-corrected chi connectivity index (χ3v) is 1.89. The molecule has 0 aromatic carbocycles. The summed E-state index contributed by atoms with van der Waals surface area (Å²) in [5.41, 5.74) is 0. The molecule has 0 radical (unpaired) electrons. The standard InChI is InChI=1S/C10H19NO3/c1-4-6-7-9(13)14-10(11-3)8(12)5-2/h10-11H,4-7H2,1-3H3. The van der Waals surface area contributed by atoms with E-state index in [-0.39, 0.29) is 11.8 Å². The largest absolute Gasteiger partial charge is 0.439 e. The molecular formula is C10H19NO3. The molecule has 0 aliphatic carbocycles. The second kappa shape index (κ2) is 7.50. The molecule has 1 atom stereocenters. The van der Waals surface area contributed by atoms with E-state index in [1.54, 1.807) is 14.0 Å². The van der Waals surface area contributed by atoms with Crippen LogP contribution in [0, 0.1) is 0 Å². The van der Waals surface area contributed by atoms with Crippen molar-refractivity contribution in [3.05, 3.63) is 0 Å². The molecule has 0 aromatic rings. The highest BCUT2D eigenvalue weighted by atomic mass is 16.6. The first kappa shape index (κ1) is 13.1. The predicted molar refractivity (Wildman–Crippen MR) is 53.8 cm³/mol. The van der Waals surface area contributed by atoms with Gasteiger partial charge in [0.15, 0.2) is 5.78 Å². The number of hydrogen-bond acceptors (Lipinski definition) is 4. The van der Waals surface area contributed by atoms with Crippen LogP contribution >= 0.6 is 0 Å². The summed E-state index contributed by atoms with van der Waals surface area (Å²) in [4.78, 5) is 22.4. The van der Waals surface area contributed by atoms with Gasteiger partial charge in [0.05, 0.1) is 0 Å². The van der Waals surface area contributed by atoms with Gasteiger partial charge in [-0.15, -0.1) is 0 Å². The molecule has 0 aliphatic heterocycles. The zero-order chi connectivity index (χ0) is 11.0. The van der Waals surface area contributed by atoms with Gasteiger partial charge in [0.2, 0.25) is 6.23 Å². The molecule has 0 heterocycles. The minimum absolute atomic E-state index is 0.0997. The summed E-state index contributed by atoms with van der Waals surface area (Å²) in [7, 11) is 1.60. The molecule has 4 nitrogen and oxygen atoms in total. The van der Waals surface area contributed by atoms with Gasteiger partial charge in [-0.25, -0.2) is 0 Å². The number of ketones is 1.